The highest BCUT2D eigenvalue weighted by Crippen LogP contribution is 2.20. The standard InChI is InChI=1S/C20H18FNO5/c1-2-26-17(23)12-13-18(24)27-19(14-6-4-3-5-7-14)20(25)22-16-10-8-15(21)9-11-16/h3-13,19H,2H2,1H3,(H,22,25)/b13-12+/t19-/m0/s1. The minimum atomic E-state index is -1.25. The number of hydrogen-bond donors (Lipinski definition) is 1. The summed E-state index contributed by atoms with van der Waals surface area (Å²) >= 11 is 0. The van der Waals surface area contributed by atoms with E-state index in [0.29, 0.717) is 11.3 Å². The molecule has 1 N–H and O–H groups in total. The smallest absolute Gasteiger partial charge is 0.332 e. The van der Waals surface area contributed by atoms with Crippen molar-refractivity contribution in [3.05, 3.63) is 78.1 Å². The van der Waals surface area contributed by atoms with E-state index in [1.807, 2.05) is 0 Å². The molecule has 2 rings (SSSR count). The van der Waals surface area contributed by atoms with Crippen molar-refractivity contribution < 1.29 is 28.2 Å². The second kappa shape index (κ2) is 9.86. The van der Waals surface area contributed by atoms with E-state index >= 15 is 0 Å². The van der Waals surface area contributed by atoms with Crippen LogP contribution in [0.3, 0.4) is 0 Å². The van der Waals surface area contributed by atoms with Crippen molar-refractivity contribution in [2.75, 3.05) is 11.9 Å². The van der Waals surface area contributed by atoms with Crippen LogP contribution in [0.25, 0.3) is 0 Å². The molecule has 7 heteroatoms. The minimum absolute atomic E-state index is 0.172. The second-order valence-electron chi connectivity index (χ2n) is 5.31. The fourth-order valence-corrected chi connectivity index (χ4v) is 2.12. The Morgan fingerprint density at radius 2 is 1.63 bits per heavy atom. The zero-order valence-electron chi connectivity index (χ0n) is 14.6. The van der Waals surface area contributed by atoms with Gasteiger partial charge in [-0.2, -0.15) is 0 Å². The van der Waals surface area contributed by atoms with Crippen molar-refractivity contribution in [2.45, 2.75) is 13.0 Å². The van der Waals surface area contributed by atoms with Gasteiger partial charge in [-0.3, -0.25) is 4.79 Å². The second-order valence-corrected chi connectivity index (χ2v) is 5.31. The summed E-state index contributed by atoms with van der Waals surface area (Å²) in [6.07, 6.45) is 0.556. The van der Waals surface area contributed by atoms with E-state index < -0.39 is 29.8 Å². The average molecular weight is 371 g/mol. The van der Waals surface area contributed by atoms with E-state index in [0.717, 1.165) is 12.2 Å². The van der Waals surface area contributed by atoms with Crippen LogP contribution in [0.4, 0.5) is 10.1 Å². The van der Waals surface area contributed by atoms with Crippen LogP contribution in [0, 0.1) is 5.82 Å². The van der Waals surface area contributed by atoms with Crippen LogP contribution in [0.5, 0.6) is 0 Å². The number of halogens is 1. The van der Waals surface area contributed by atoms with Gasteiger partial charge >= 0.3 is 11.9 Å². The van der Waals surface area contributed by atoms with Gasteiger partial charge in [-0.15, -0.1) is 0 Å². The molecule has 0 aliphatic rings. The lowest BCUT2D eigenvalue weighted by molar-refractivity contribution is -0.150. The Morgan fingerprint density at radius 1 is 1.00 bits per heavy atom. The molecule has 0 radical (unpaired) electrons. The summed E-state index contributed by atoms with van der Waals surface area (Å²) in [6.45, 7) is 1.81. The molecule has 0 unspecified atom stereocenters. The average Bonchev–Trinajstić information content (AvgIpc) is 2.67. The number of hydrogen-bond acceptors (Lipinski definition) is 5. The molecule has 0 saturated carbocycles. The molecule has 1 atom stereocenters. The molecule has 0 heterocycles. The molecule has 6 nitrogen and oxygen atoms in total. The molecule has 140 valence electrons. The van der Waals surface area contributed by atoms with Gasteiger partial charge in [0.05, 0.1) is 6.61 Å². The van der Waals surface area contributed by atoms with Crippen LogP contribution in [-0.2, 0) is 23.9 Å². The van der Waals surface area contributed by atoms with Crippen LogP contribution < -0.4 is 5.32 Å². The predicted molar refractivity (Wildman–Crippen MR) is 96.1 cm³/mol. The summed E-state index contributed by atoms with van der Waals surface area (Å²) in [6, 6.07) is 13.5. The van der Waals surface area contributed by atoms with Gasteiger partial charge in [0, 0.05) is 23.4 Å². The van der Waals surface area contributed by atoms with Crippen molar-refractivity contribution >= 4 is 23.5 Å². The lowest BCUT2D eigenvalue weighted by atomic mass is 10.1. The first-order valence-electron chi connectivity index (χ1n) is 8.16. The minimum Gasteiger partial charge on any atom is -0.463 e. The maximum Gasteiger partial charge on any atom is 0.332 e. The first-order chi connectivity index (χ1) is 13.0. The Kier molecular flexibility index (Phi) is 7.25. The first-order valence-corrected chi connectivity index (χ1v) is 8.16. The fraction of sp³-hybridized carbons (Fsp3) is 0.150. The fourth-order valence-electron chi connectivity index (χ4n) is 2.12. The number of benzene rings is 2. The molecule has 0 saturated heterocycles. The maximum atomic E-state index is 13.0. The number of ether oxygens (including phenoxy) is 2. The highest BCUT2D eigenvalue weighted by molar-refractivity contribution is 5.98. The summed E-state index contributed by atoms with van der Waals surface area (Å²) in [5, 5.41) is 2.56. The van der Waals surface area contributed by atoms with Gasteiger partial charge < -0.3 is 14.8 Å². The summed E-state index contributed by atoms with van der Waals surface area (Å²) in [7, 11) is 0. The molecule has 0 bridgehead atoms. The van der Waals surface area contributed by atoms with E-state index in [4.69, 9.17) is 4.74 Å². The van der Waals surface area contributed by atoms with Crippen molar-refractivity contribution in [1.82, 2.24) is 0 Å². The largest absolute Gasteiger partial charge is 0.463 e. The molecule has 0 aromatic heterocycles. The number of esters is 2. The van der Waals surface area contributed by atoms with Gasteiger partial charge in [-0.25, -0.2) is 14.0 Å². The van der Waals surface area contributed by atoms with E-state index in [9.17, 15) is 18.8 Å². The molecular weight excluding hydrogens is 353 g/mol. The van der Waals surface area contributed by atoms with Crippen molar-refractivity contribution in [3.8, 4) is 0 Å². The first kappa shape index (κ1) is 19.8. The van der Waals surface area contributed by atoms with Crippen LogP contribution in [-0.4, -0.2) is 24.5 Å². The molecule has 0 aliphatic heterocycles. The van der Waals surface area contributed by atoms with Crippen molar-refractivity contribution in [3.63, 3.8) is 0 Å². The molecule has 2 aromatic carbocycles. The molecule has 27 heavy (non-hydrogen) atoms. The van der Waals surface area contributed by atoms with Gasteiger partial charge in [0.25, 0.3) is 5.91 Å². The Bertz CT molecular complexity index is 818. The number of amides is 1. The van der Waals surface area contributed by atoms with Gasteiger partial charge in [0.1, 0.15) is 5.82 Å². The molecular formula is C20H18FNO5. The number of carbonyl (C=O) groups excluding carboxylic acids is 3. The highest BCUT2D eigenvalue weighted by Gasteiger charge is 2.24. The molecule has 0 aliphatic carbocycles. The van der Waals surface area contributed by atoms with Gasteiger partial charge in [-0.1, -0.05) is 30.3 Å². The van der Waals surface area contributed by atoms with E-state index in [1.165, 1.54) is 24.3 Å². The molecule has 1 amide bonds. The summed E-state index contributed by atoms with van der Waals surface area (Å²) < 4.78 is 22.9. The van der Waals surface area contributed by atoms with E-state index in [-0.39, 0.29) is 6.61 Å². The van der Waals surface area contributed by atoms with Crippen LogP contribution in [0.1, 0.15) is 18.6 Å². The Morgan fingerprint density at radius 3 is 2.26 bits per heavy atom. The van der Waals surface area contributed by atoms with Crippen LogP contribution in [0.15, 0.2) is 66.7 Å². The van der Waals surface area contributed by atoms with Crippen LogP contribution in [0.2, 0.25) is 0 Å². The SMILES string of the molecule is CCOC(=O)/C=C/C(=O)O[C@H](C(=O)Nc1ccc(F)cc1)c1ccccc1. The van der Waals surface area contributed by atoms with E-state index in [2.05, 4.69) is 10.1 Å². The van der Waals surface area contributed by atoms with Crippen LogP contribution >= 0.6 is 0 Å². The summed E-state index contributed by atoms with van der Waals surface area (Å²) in [4.78, 5) is 35.8. The lowest BCUT2D eigenvalue weighted by Gasteiger charge is -2.17. The lowest BCUT2D eigenvalue weighted by Crippen LogP contribution is -2.25. The Hall–Kier alpha value is -3.48. The topological polar surface area (TPSA) is 81.7 Å². The van der Waals surface area contributed by atoms with Crippen molar-refractivity contribution in [2.24, 2.45) is 0 Å². The number of nitrogens with one attached hydrogen (secondary N) is 1. The quantitative estimate of drug-likeness (QED) is 0.597. The Labute approximate surface area is 155 Å². The normalized spacial score (nSPS) is 11.6. The Balaban J connectivity index is 2.14. The molecule has 2 aromatic rings. The zero-order valence-corrected chi connectivity index (χ0v) is 14.6. The zero-order chi connectivity index (χ0) is 19.6. The number of rotatable bonds is 7. The molecule has 0 spiro atoms. The third-order valence-electron chi connectivity index (χ3n) is 3.33. The third-order valence-corrected chi connectivity index (χ3v) is 3.33. The van der Waals surface area contributed by atoms with E-state index in [1.54, 1.807) is 37.3 Å². The summed E-state index contributed by atoms with van der Waals surface area (Å²) in [5.41, 5.74) is 0.787. The van der Waals surface area contributed by atoms with Crippen molar-refractivity contribution in [1.29, 1.82) is 0 Å². The predicted octanol–water partition coefficient (Wildman–Crippen LogP) is 3.17. The van der Waals surface area contributed by atoms with Gasteiger partial charge in [0.2, 0.25) is 6.10 Å². The van der Waals surface area contributed by atoms with Gasteiger partial charge in [0.15, 0.2) is 0 Å². The maximum absolute atomic E-state index is 13.0. The van der Waals surface area contributed by atoms with Gasteiger partial charge in [-0.05, 0) is 31.2 Å². The summed E-state index contributed by atoms with van der Waals surface area (Å²) in [5.74, 6) is -2.64. The monoisotopic (exact) mass is 371 g/mol. The highest BCUT2D eigenvalue weighted by atomic mass is 19.1. The number of anilines is 1. The third kappa shape index (κ3) is 6.39. The number of carbonyl (C=O) groups is 3. The molecule has 0 fully saturated rings.